The summed E-state index contributed by atoms with van der Waals surface area (Å²) in [6, 6.07) is 8.36. The van der Waals surface area contributed by atoms with Gasteiger partial charge in [0.25, 0.3) is 5.91 Å². The minimum atomic E-state index is -0.620. The van der Waals surface area contributed by atoms with Crippen molar-refractivity contribution in [3.05, 3.63) is 72.2 Å². The quantitative estimate of drug-likeness (QED) is 0.558. The molecular weight excluding hydrogens is 359 g/mol. The molecule has 7 nitrogen and oxygen atoms in total. The molecule has 3 N–H and O–H groups in total. The van der Waals surface area contributed by atoms with Crippen molar-refractivity contribution < 1.29 is 9.18 Å². The Morgan fingerprint density at radius 3 is 2.82 bits per heavy atom. The molecule has 0 unspecified atom stereocenters. The van der Waals surface area contributed by atoms with E-state index in [0.29, 0.717) is 34.3 Å². The Kier molecular flexibility index (Phi) is 4.44. The first-order valence-electron chi connectivity index (χ1n) is 8.58. The highest BCUT2D eigenvalue weighted by atomic mass is 19.1. The summed E-state index contributed by atoms with van der Waals surface area (Å²) >= 11 is 0. The number of carbonyl (C=O) groups is 1. The molecular formula is C20H17FN6O. The van der Waals surface area contributed by atoms with Gasteiger partial charge in [-0.3, -0.25) is 19.4 Å². The Bertz CT molecular complexity index is 1170. The molecule has 140 valence electrons. The molecule has 4 rings (SSSR count). The number of fused-ring (bicyclic) bond motifs is 1. The van der Waals surface area contributed by atoms with Crippen LogP contribution in [0.15, 0.2) is 55.1 Å². The van der Waals surface area contributed by atoms with Crippen molar-refractivity contribution in [1.29, 1.82) is 0 Å². The molecule has 0 aliphatic rings. The fourth-order valence-electron chi connectivity index (χ4n) is 3.07. The molecule has 8 heteroatoms. The maximum absolute atomic E-state index is 14.7. The van der Waals surface area contributed by atoms with Gasteiger partial charge in [0.2, 0.25) is 0 Å². The number of anilines is 1. The fraction of sp³-hybridized carbons (Fsp3) is 0.100. The van der Waals surface area contributed by atoms with Gasteiger partial charge in [0, 0.05) is 54.4 Å². The van der Waals surface area contributed by atoms with Crippen LogP contribution in [0.3, 0.4) is 0 Å². The van der Waals surface area contributed by atoms with E-state index in [-0.39, 0.29) is 5.56 Å². The summed E-state index contributed by atoms with van der Waals surface area (Å²) in [6.07, 6.45) is 6.38. The lowest BCUT2D eigenvalue weighted by Crippen LogP contribution is -2.15. The third-order valence-electron chi connectivity index (χ3n) is 4.41. The first-order chi connectivity index (χ1) is 13.5. The van der Waals surface area contributed by atoms with Crippen molar-refractivity contribution in [3.8, 4) is 11.1 Å². The molecule has 3 aromatic heterocycles. The Hall–Kier alpha value is -3.81. The Morgan fingerprint density at radius 2 is 2.14 bits per heavy atom. The lowest BCUT2D eigenvalue weighted by atomic mass is 10.0. The maximum Gasteiger partial charge on any atom is 0.252 e. The van der Waals surface area contributed by atoms with E-state index in [9.17, 15) is 9.18 Å². The number of benzene rings is 1. The largest absolute Gasteiger partial charge is 0.378 e. The summed E-state index contributed by atoms with van der Waals surface area (Å²) in [4.78, 5) is 20.2. The summed E-state index contributed by atoms with van der Waals surface area (Å²) in [5.41, 5.74) is 8.45. The summed E-state index contributed by atoms with van der Waals surface area (Å²) < 4.78 is 16.3. The number of pyridine rings is 2. The molecule has 0 radical (unpaired) electrons. The SMILES string of the molecule is Cn1ccc(CNc2c(C(N)=O)cnc3cc(F)c(-c4cccnc4)cc23)n1. The highest BCUT2D eigenvalue weighted by Crippen LogP contribution is 2.32. The zero-order valence-corrected chi connectivity index (χ0v) is 15.1. The smallest absolute Gasteiger partial charge is 0.252 e. The number of carbonyl (C=O) groups excluding carboxylic acids is 1. The molecule has 0 bridgehead atoms. The third-order valence-corrected chi connectivity index (χ3v) is 4.41. The number of rotatable bonds is 5. The average Bonchev–Trinajstić information content (AvgIpc) is 3.11. The predicted molar refractivity (Wildman–Crippen MR) is 104 cm³/mol. The fourth-order valence-corrected chi connectivity index (χ4v) is 3.07. The van der Waals surface area contributed by atoms with Crippen LogP contribution in [0.5, 0.6) is 0 Å². The van der Waals surface area contributed by atoms with Gasteiger partial charge in [0.05, 0.1) is 29.0 Å². The normalized spacial score (nSPS) is 10.9. The predicted octanol–water partition coefficient (Wildman–Crippen LogP) is 2.88. The molecule has 3 heterocycles. The first kappa shape index (κ1) is 17.6. The number of hydrogen-bond donors (Lipinski definition) is 2. The topological polar surface area (TPSA) is 98.7 Å². The summed E-state index contributed by atoms with van der Waals surface area (Å²) in [7, 11) is 1.82. The number of aryl methyl sites for hydroxylation is 1. The molecule has 28 heavy (non-hydrogen) atoms. The monoisotopic (exact) mass is 376 g/mol. The molecule has 1 aromatic carbocycles. The van der Waals surface area contributed by atoms with Crippen molar-refractivity contribution in [2.24, 2.45) is 12.8 Å². The van der Waals surface area contributed by atoms with Crippen LogP contribution in [0, 0.1) is 5.82 Å². The van der Waals surface area contributed by atoms with Crippen molar-refractivity contribution >= 4 is 22.5 Å². The summed E-state index contributed by atoms with van der Waals surface area (Å²) in [6.45, 7) is 0.375. The van der Waals surface area contributed by atoms with Gasteiger partial charge in [-0.15, -0.1) is 0 Å². The zero-order chi connectivity index (χ0) is 19.7. The van der Waals surface area contributed by atoms with Gasteiger partial charge in [0.1, 0.15) is 5.82 Å². The molecule has 0 atom stereocenters. The minimum absolute atomic E-state index is 0.229. The average molecular weight is 376 g/mol. The van der Waals surface area contributed by atoms with E-state index in [4.69, 9.17) is 5.73 Å². The van der Waals surface area contributed by atoms with Crippen LogP contribution in [0.4, 0.5) is 10.1 Å². The number of primary amides is 1. The molecule has 1 amide bonds. The van der Waals surface area contributed by atoms with Gasteiger partial charge in [-0.25, -0.2) is 4.39 Å². The van der Waals surface area contributed by atoms with E-state index >= 15 is 0 Å². The molecule has 0 aliphatic carbocycles. The van der Waals surface area contributed by atoms with E-state index in [2.05, 4.69) is 20.4 Å². The summed E-state index contributed by atoms with van der Waals surface area (Å²) in [5.74, 6) is -1.04. The lowest BCUT2D eigenvalue weighted by molar-refractivity contribution is 0.100. The van der Waals surface area contributed by atoms with Gasteiger partial charge in [-0.1, -0.05) is 6.07 Å². The minimum Gasteiger partial charge on any atom is -0.378 e. The van der Waals surface area contributed by atoms with Gasteiger partial charge in [-0.2, -0.15) is 5.10 Å². The second-order valence-electron chi connectivity index (χ2n) is 6.34. The molecule has 0 aliphatic heterocycles. The third kappa shape index (κ3) is 3.27. The number of amides is 1. The van der Waals surface area contributed by atoms with Crippen LogP contribution >= 0.6 is 0 Å². The van der Waals surface area contributed by atoms with E-state index in [1.165, 1.54) is 12.3 Å². The van der Waals surface area contributed by atoms with Crippen LogP contribution in [0.25, 0.3) is 22.0 Å². The highest BCUT2D eigenvalue weighted by molar-refractivity contribution is 6.07. The molecule has 4 aromatic rings. The number of hydrogen-bond acceptors (Lipinski definition) is 5. The van der Waals surface area contributed by atoms with E-state index in [0.717, 1.165) is 5.69 Å². The van der Waals surface area contributed by atoms with E-state index in [1.54, 1.807) is 35.3 Å². The maximum atomic E-state index is 14.7. The first-order valence-corrected chi connectivity index (χ1v) is 8.58. The van der Waals surface area contributed by atoms with E-state index < -0.39 is 11.7 Å². The van der Waals surface area contributed by atoms with E-state index in [1.807, 2.05) is 19.3 Å². The molecule has 0 saturated heterocycles. The molecule has 0 saturated carbocycles. The van der Waals surface area contributed by atoms with Crippen molar-refractivity contribution in [2.45, 2.75) is 6.54 Å². The molecule has 0 spiro atoms. The van der Waals surface area contributed by atoms with Crippen LogP contribution in [0.1, 0.15) is 16.1 Å². The zero-order valence-electron chi connectivity index (χ0n) is 15.1. The Morgan fingerprint density at radius 1 is 1.29 bits per heavy atom. The number of nitrogens with zero attached hydrogens (tertiary/aromatic N) is 4. The summed E-state index contributed by atoms with van der Waals surface area (Å²) in [5, 5.41) is 8.11. The van der Waals surface area contributed by atoms with Crippen molar-refractivity contribution in [2.75, 3.05) is 5.32 Å². The highest BCUT2D eigenvalue weighted by Gasteiger charge is 2.17. The number of nitrogens with one attached hydrogen (secondary N) is 1. The van der Waals surface area contributed by atoms with Crippen molar-refractivity contribution in [3.63, 3.8) is 0 Å². The van der Waals surface area contributed by atoms with Crippen molar-refractivity contribution in [1.82, 2.24) is 19.7 Å². The van der Waals surface area contributed by atoms with Gasteiger partial charge in [-0.05, 0) is 18.2 Å². The van der Waals surface area contributed by atoms with Crippen LogP contribution in [0.2, 0.25) is 0 Å². The molecule has 0 fully saturated rings. The van der Waals surface area contributed by atoms with Crippen LogP contribution in [-0.2, 0) is 13.6 Å². The Labute approximate surface area is 160 Å². The van der Waals surface area contributed by atoms with Gasteiger partial charge < -0.3 is 11.1 Å². The number of halogens is 1. The Balaban J connectivity index is 1.86. The van der Waals surface area contributed by atoms with Crippen LogP contribution < -0.4 is 11.1 Å². The second-order valence-corrected chi connectivity index (χ2v) is 6.34. The van der Waals surface area contributed by atoms with Crippen LogP contribution in [-0.4, -0.2) is 25.7 Å². The standard InChI is InChI=1S/C20H17FN6O/c1-27-6-4-13(26-27)10-25-19-15-7-14(12-3-2-5-23-9-12)17(21)8-18(15)24-11-16(19)20(22)28/h2-9,11H,10H2,1H3,(H2,22,28)(H,24,25). The lowest BCUT2D eigenvalue weighted by Gasteiger charge is -2.14. The second kappa shape index (κ2) is 7.07. The number of aromatic nitrogens is 4. The number of nitrogens with two attached hydrogens (primary N) is 1. The van der Waals surface area contributed by atoms with Gasteiger partial charge >= 0.3 is 0 Å². The van der Waals surface area contributed by atoms with Gasteiger partial charge in [0.15, 0.2) is 0 Å².